The Labute approximate surface area is 79.9 Å². The van der Waals surface area contributed by atoms with E-state index in [1.807, 2.05) is 6.92 Å². The largest absolute Gasteiger partial charge is 0.462 e. The van der Waals surface area contributed by atoms with Gasteiger partial charge in [-0.15, -0.1) is 0 Å². The topological polar surface area (TPSA) is 26.3 Å². The van der Waals surface area contributed by atoms with Gasteiger partial charge in [0.05, 0.1) is 13.5 Å². The van der Waals surface area contributed by atoms with Crippen LogP contribution >= 0.6 is 0 Å². The average molecular weight is 179 g/mol. The Kier molecular flexibility index (Phi) is 3.42. The van der Waals surface area contributed by atoms with E-state index >= 15 is 0 Å². The van der Waals surface area contributed by atoms with Crippen LogP contribution < -0.4 is 0 Å². The quantitative estimate of drug-likeness (QED) is 0.524. The summed E-state index contributed by atoms with van der Waals surface area (Å²) in [7, 11) is 0. The molecule has 0 spiro atoms. The van der Waals surface area contributed by atoms with Gasteiger partial charge in [0, 0.05) is 0 Å². The number of hydrogen-bond acceptors (Lipinski definition) is 2. The molecule has 0 fully saturated rings. The molecule has 1 rings (SSSR count). The van der Waals surface area contributed by atoms with Crippen molar-refractivity contribution in [3.05, 3.63) is 35.9 Å². The smallest absolute Gasteiger partial charge is 0.338 e. The van der Waals surface area contributed by atoms with Crippen LogP contribution in [-0.2, 0) is 4.74 Å². The molecule has 0 bridgehead atoms. The fraction of sp³-hybridized carbons (Fsp3) is 0.364. The maximum atomic E-state index is 11.3. The van der Waals surface area contributed by atoms with Crippen molar-refractivity contribution in [1.82, 2.24) is 0 Å². The van der Waals surface area contributed by atoms with Gasteiger partial charge in [-0.25, -0.2) is 4.79 Å². The lowest BCUT2D eigenvalue weighted by atomic mass is 10.2. The number of hydrogen-bond donors (Lipinski definition) is 0. The Hall–Kier alpha value is -1.31. The number of esters is 1. The number of ether oxygens (including phenoxy) is 1. The second-order valence-corrected chi connectivity index (χ2v) is 2.78. The number of rotatable bonds is 4. The second kappa shape index (κ2) is 5.36. The van der Waals surface area contributed by atoms with Crippen molar-refractivity contribution in [3.63, 3.8) is 0 Å². The highest BCUT2D eigenvalue weighted by Crippen LogP contribution is 2.01. The summed E-state index contributed by atoms with van der Waals surface area (Å²) in [6.07, 6.45) is 1.90. The van der Waals surface area contributed by atoms with Gasteiger partial charge in [0.2, 0.25) is 0 Å². The lowest BCUT2D eigenvalue weighted by molar-refractivity contribution is 0.0500. The summed E-state index contributed by atoms with van der Waals surface area (Å²) in [5.41, 5.74) is 0.511. The molecule has 0 aliphatic carbocycles. The summed E-state index contributed by atoms with van der Waals surface area (Å²) in [5, 5.41) is 0. The van der Waals surface area contributed by atoms with Gasteiger partial charge >= 0.3 is 5.97 Å². The van der Waals surface area contributed by atoms with E-state index in [2.05, 4.69) is 0 Å². The zero-order valence-electron chi connectivity index (χ0n) is 8.75. The van der Waals surface area contributed by atoms with Crippen molar-refractivity contribution in [1.29, 1.82) is 0 Å². The van der Waals surface area contributed by atoms with Crippen LogP contribution in [0.15, 0.2) is 30.3 Å². The van der Waals surface area contributed by atoms with Crippen molar-refractivity contribution in [2.75, 3.05) is 6.61 Å². The number of carbonyl (C=O) groups excluding carboxylic acids is 1. The van der Waals surface area contributed by atoms with Crippen LogP contribution in [0.25, 0.3) is 0 Å². The Morgan fingerprint density at radius 3 is 2.85 bits per heavy atom. The van der Waals surface area contributed by atoms with E-state index in [-0.39, 0.29) is 5.97 Å². The van der Waals surface area contributed by atoms with Crippen LogP contribution in [-0.4, -0.2) is 12.6 Å². The Morgan fingerprint density at radius 1 is 1.54 bits per heavy atom. The average Bonchev–Trinajstić information content (AvgIpc) is 2.19. The minimum absolute atomic E-state index is 0.307. The first-order chi connectivity index (χ1) is 6.74. The van der Waals surface area contributed by atoms with Gasteiger partial charge in [-0.1, -0.05) is 31.5 Å². The maximum Gasteiger partial charge on any atom is 0.338 e. The summed E-state index contributed by atoms with van der Waals surface area (Å²) in [6.45, 7) is 2.51. The summed E-state index contributed by atoms with van der Waals surface area (Å²) in [4.78, 5) is 11.3. The zero-order chi connectivity index (χ0) is 10.4. The first-order valence-corrected chi connectivity index (χ1v) is 4.48. The SMILES string of the molecule is [2H]c1ccc(C(=O)OCCCC)cc1. The normalized spacial score (nSPS) is 10.7. The molecule has 1 aromatic rings. The first-order valence-electron chi connectivity index (χ1n) is 4.98. The predicted molar refractivity (Wildman–Crippen MR) is 51.6 cm³/mol. The second-order valence-electron chi connectivity index (χ2n) is 2.78. The molecule has 1 aromatic carbocycles. The third-order valence-electron chi connectivity index (χ3n) is 1.68. The van der Waals surface area contributed by atoms with Crippen molar-refractivity contribution in [2.24, 2.45) is 0 Å². The summed E-state index contributed by atoms with van der Waals surface area (Å²) in [6, 6.07) is 6.77. The predicted octanol–water partition coefficient (Wildman–Crippen LogP) is 2.64. The molecule has 0 aliphatic rings. The minimum Gasteiger partial charge on any atom is -0.462 e. The van der Waals surface area contributed by atoms with Crippen LogP contribution in [0.4, 0.5) is 0 Å². The van der Waals surface area contributed by atoms with E-state index < -0.39 is 0 Å². The van der Waals surface area contributed by atoms with Crippen molar-refractivity contribution in [3.8, 4) is 0 Å². The molecular formula is C11H14O2. The summed E-state index contributed by atoms with van der Waals surface area (Å²) >= 11 is 0. The van der Waals surface area contributed by atoms with E-state index in [4.69, 9.17) is 6.11 Å². The van der Waals surface area contributed by atoms with Gasteiger partial charge in [-0.3, -0.25) is 0 Å². The molecule has 0 radical (unpaired) electrons. The van der Waals surface area contributed by atoms with Crippen molar-refractivity contribution in [2.45, 2.75) is 19.8 Å². The van der Waals surface area contributed by atoms with Gasteiger partial charge in [-0.2, -0.15) is 0 Å². The van der Waals surface area contributed by atoms with Gasteiger partial charge in [0.25, 0.3) is 0 Å². The highest BCUT2D eigenvalue weighted by atomic mass is 16.5. The Bertz CT molecular complexity index is 293. The monoisotopic (exact) mass is 179 g/mol. The lowest BCUT2D eigenvalue weighted by Gasteiger charge is -2.02. The van der Waals surface area contributed by atoms with Crippen LogP contribution in [0, 0.1) is 0 Å². The molecule has 0 amide bonds. The fourth-order valence-electron chi connectivity index (χ4n) is 0.916. The van der Waals surface area contributed by atoms with Gasteiger partial charge in [0.15, 0.2) is 0 Å². The van der Waals surface area contributed by atoms with Crippen LogP contribution in [0.1, 0.15) is 31.5 Å². The van der Waals surface area contributed by atoms with E-state index in [0.717, 1.165) is 12.8 Å². The van der Waals surface area contributed by atoms with Crippen molar-refractivity contribution < 1.29 is 10.9 Å². The maximum absolute atomic E-state index is 11.3. The zero-order valence-corrected chi connectivity index (χ0v) is 7.75. The van der Waals surface area contributed by atoms with E-state index in [1.165, 1.54) is 0 Å². The third kappa shape index (κ3) is 3.28. The van der Waals surface area contributed by atoms with Crippen LogP contribution in [0.5, 0.6) is 0 Å². The molecule has 0 unspecified atom stereocenters. The fourth-order valence-corrected chi connectivity index (χ4v) is 0.916. The Balaban J connectivity index is 2.48. The van der Waals surface area contributed by atoms with E-state index in [0.29, 0.717) is 18.2 Å². The van der Waals surface area contributed by atoms with Gasteiger partial charge in [0.1, 0.15) is 0 Å². The van der Waals surface area contributed by atoms with Crippen LogP contribution in [0.2, 0.25) is 0 Å². The number of benzene rings is 1. The molecule has 0 saturated carbocycles. The first kappa shape index (κ1) is 8.30. The van der Waals surface area contributed by atoms with Gasteiger partial charge < -0.3 is 4.74 Å². The molecule has 2 nitrogen and oxygen atoms in total. The third-order valence-corrected chi connectivity index (χ3v) is 1.68. The van der Waals surface area contributed by atoms with E-state index in [1.54, 1.807) is 24.3 Å². The summed E-state index contributed by atoms with van der Waals surface area (Å²) in [5.74, 6) is -0.307. The van der Waals surface area contributed by atoms with E-state index in [9.17, 15) is 4.79 Å². The standard InChI is InChI=1S/C11H14O2/c1-2-3-9-13-11(12)10-7-5-4-6-8-10/h4-8H,2-3,9H2,1H3/i4D. The molecule has 0 saturated heterocycles. The molecule has 0 aromatic heterocycles. The summed E-state index contributed by atoms with van der Waals surface area (Å²) < 4.78 is 12.3. The molecule has 2 heteroatoms. The van der Waals surface area contributed by atoms with Gasteiger partial charge in [-0.05, 0) is 18.6 Å². The highest BCUT2D eigenvalue weighted by Gasteiger charge is 2.03. The molecule has 0 atom stereocenters. The number of unbranched alkanes of at least 4 members (excludes halogenated alkanes) is 1. The Morgan fingerprint density at radius 2 is 2.23 bits per heavy atom. The minimum atomic E-state index is -0.307. The van der Waals surface area contributed by atoms with Crippen LogP contribution in [0.3, 0.4) is 0 Å². The molecule has 0 aliphatic heterocycles. The highest BCUT2D eigenvalue weighted by molar-refractivity contribution is 5.89. The molecule has 70 valence electrons. The van der Waals surface area contributed by atoms with Crippen molar-refractivity contribution >= 4 is 5.97 Å². The lowest BCUT2D eigenvalue weighted by Crippen LogP contribution is -2.05. The molecule has 0 N–H and O–H groups in total. The number of carbonyl (C=O) groups is 1. The molecular weight excluding hydrogens is 164 g/mol. The molecule has 13 heavy (non-hydrogen) atoms. The molecule has 0 heterocycles.